The Morgan fingerprint density at radius 1 is 0.431 bits per heavy atom. The van der Waals surface area contributed by atoms with Crippen molar-refractivity contribution in [2.75, 3.05) is 6.61 Å². The lowest BCUT2D eigenvalue weighted by atomic mass is 9.83. The number of ether oxygens (including phenoxy) is 1. The fraction of sp³-hybridized carbons (Fsp3) is 0.922. The van der Waals surface area contributed by atoms with Crippen molar-refractivity contribution in [2.24, 2.45) is 0 Å². The zero-order valence-electron chi connectivity index (χ0n) is 42.7. The second kappa shape index (κ2) is 27.5. The van der Waals surface area contributed by atoms with Gasteiger partial charge in [-0.1, -0.05) is 11.6 Å². The number of aliphatic hydroxyl groups excluding tert-OH is 1. The van der Waals surface area contributed by atoms with Crippen molar-refractivity contribution in [3.63, 3.8) is 0 Å². The molecule has 386 valence electrons. The monoisotopic (exact) mass is 935 g/mol. The van der Waals surface area contributed by atoms with Gasteiger partial charge in [0.2, 0.25) is 0 Å². The number of hydrogen-bond acceptors (Lipinski definition) is 13. The SMILES string of the molecule is CC(C)=CCCC(C)(O)CCCC(C)(O)CCCC(C)(O)CCCC(C)(O)CCCC(C)(O)CCCC(C)(O)CCCC(C)(O)CCCC(C)(O)C(O)COC(=O)CC(C)(O)CC(=O)O. The summed E-state index contributed by atoms with van der Waals surface area (Å²) in [7, 11) is 0. The average molecular weight is 935 g/mol. The summed E-state index contributed by atoms with van der Waals surface area (Å²) in [4.78, 5) is 22.9. The minimum atomic E-state index is -1.82. The highest BCUT2D eigenvalue weighted by molar-refractivity contribution is 5.73. The Morgan fingerprint density at radius 2 is 0.692 bits per heavy atom. The van der Waals surface area contributed by atoms with Gasteiger partial charge in [0.05, 0.1) is 63.3 Å². The van der Waals surface area contributed by atoms with Crippen LogP contribution in [0.4, 0.5) is 0 Å². The average Bonchev–Trinajstić information content (AvgIpc) is 3.08. The fourth-order valence-corrected chi connectivity index (χ4v) is 8.74. The van der Waals surface area contributed by atoms with E-state index in [2.05, 4.69) is 6.08 Å². The number of aliphatic carboxylic acids is 1. The van der Waals surface area contributed by atoms with Crippen molar-refractivity contribution < 1.29 is 70.5 Å². The second-order valence-corrected chi connectivity index (χ2v) is 23.1. The molecule has 0 saturated heterocycles. The van der Waals surface area contributed by atoms with Crippen LogP contribution >= 0.6 is 0 Å². The molecule has 0 saturated carbocycles. The molecule has 10 unspecified atom stereocenters. The van der Waals surface area contributed by atoms with Crippen LogP contribution < -0.4 is 0 Å². The molecule has 0 aromatic heterocycles. The Balaban J connectivity index is 4.50. The smallest absolute Gasteiger partial charge is 0.308 e. The van der Waals surface area contributed by atoms with Crippen molar-refractivity contribution in [1.82, 2.24) is 0 Å². The third-order valence-electron chi connectivity index (χ3n) is 13.4. The Kier molecular flexibility index (Phi) is 26.7. The van der Waals surface area contributed by atoms with Crippen LogP contribution in [-0.4, -0.2) is 131 Å². The summed E-state index contributed by atoms with van der Waals surface area (Å²) in [6, 6.07) is 0. The molecule has 0 rings (SSSR count). The van der Waals surface area contributed by atoms with Gasteiger partial charge in [-0.2, -0.15) is 0 Å². The normalized spacial score (nSPS) is 21.1. The lowest BCUT2D eigenvalue weighted by Gasteiger charge is -2.31. The predicted molar refractivity (Wildman–Crippen MR) is 255 cm³/mol. The summed E-state index contributed by atoms with van der Waals surface area (Å²) in [5.41, 5.74) is -8.78. The molecule has 0 fully saturated rings. The van der Waals surface area contributed by atoms with Crippen LogP contribution in [0.25, 0.3) is 0 Å². The van der Waals surface area contributed by atoms with E-state index in [0.717, 1.165) is 12.8 Å². The van der Waals surface area contributed by atoms with E-state index >= 15 is 0 Å². The van der Waals surface area contributed by atoms with Gasteiger partial charge in [0, 0.05) is 0 Å². The molecular weight excluding hydrogens is 837 g/mol. The molecule has 11 N–H and O–H groups in total. The van der Waals surface area contributed by atoms with Crippen molar-refractivity contribution in [3.8, 4) is 0 Å². The zero-order chi connectivity index (χ0) is 50.6. The van der Waals surface area contributed by atoms with E-state index in [4.69, 9.17) is 9.84 Å². The predicted octanol–water partition coefficient (Wildman–Crippen LogP) is 7.45. The van der Waals surface area contributed by atoms with Crippen LogP contribution in [0.1, 0.15) is 237 Å². The van der Waals surface area contributed by atoms with E-state index in [-0.39, 0.29) is 6.42 Å². The summed E-state index contributed by atoms with van der Waals surface area (Å²) >= 11 is 0. The molecule has 0 amide bonds. The van der Waals surface area contributed by atoms with Gasteiger partial charge >= 0.3 is 11.9 Å². The van der Waals surface area contributed by atoms with Crippen LogP contribution in [-0.2, 0) is 14.3 Å². The molecule has 0 aliphatic carbocycles. The van der Waals surface area contributed by atoms with Crippen molar-refractivity contribution in [3.05, 3.63) is 11.6 Å². The molecule has 0 aromatic rings. The molecule has 0 aliphatic heterocycles. The van der Waals surface area contributed by atoms with Gasteiger partial charge in [-0.3, -0.25) is 9.59 Å². The minimum absolute atomic E-state index is 0.0933. The standard InChI is InChI=1S/C51H98O14/c1-39(2)20-12-21-43(3,56)22-13-23-44(4,57)24-14-25-45(5,58)26-15-27-46(6,59)28-16-29-47(7,60)30-17-31-48(8,61)32-18-33-49(9,62)34-19-35-51(11,64)40(52)38-65-42(55)37-50(10,63)36-41(53)54/h20,40,52,56-64H,12-19,21-38H2,1-11H3,(H,53,54). The number of carbonyl (C=O) groups excluding carboxylic acids is 1. The van der Waals surface area contributed by atoms with Gasteiger partial charge in [-0.25, -0.2) is 0 Å². The van der Waals surface area contributed by atoms with Crippen molar-refractivity contribution in [1.29, 1.82) is 0 Å². The third-order valence-corrected chi connectivity index (χ3v) is 13.4. The topological polar surface area (TPSA) is 266 Å². The van der Waals surface area contributed by atoms with Crippen LogP contribution in [0.15, 0.2) is 11.6 Å². The van der Waals surface area contributed by atoms with Gasteiger partial charge in [0.1, 0.15) is 12.7 Å². The van der Waals surface area contributed by atoms with Gasteiger partial charge in [-0.15, -0.1) is 0 Å². The molecule has 65 heavy (non-hydrogen) atoms. The van der Waals surface area contributed by atoms with Crippen LogP contribution in [0, 0.1) is 0 Å². The molecule has 0 aromatic carbocycles. The summed E-state index contributed by atoms with van der Waals surface area (Å²) in [5, 5.41) is 117. The third kappa shape index (κ3) is 33.4. The Labute approximate surface area is 392 Å². The maximum Gasteiger partial charge on any atom is 0.308 e. The molecule has 0 aliphatic rings. The van der Waals surface area contributed by atoms with Crippen LogP contribution in [0.3, 0.4) is 0 Å². The van der Waals surface area contributed by atoms with Crippen LogP contribution in [0.5, 0.6) is 0 Å². The maximum absolute atomic E-state index is 12.0. The molecule has 0 heterocycles. The van der Waals surface area contributed by atoms with E-state index < -0.39 is 87.9 Å². The molecule has 14 heteroatoms. The summed E-state index contributed by atoms with van der Waals surface area (Å²) < 4.78 is 4.96. The minimum Gasteiger partial charge on any atom is -0.481 e. The van der Waals surface area contributed by atoms with Crippen molar-refractivity contribution in [2.45, 2.75) is 293 Å². The summed E-state index contributed by atoms with van der Waals surface area (Å²) in [6.07, 6.45) is 11.6. The number of carbonyl (C=O) groups is 2. The lowest BCUT2D eigenvalue weighted by Crippen LogP contribution is -2.43. The highest BCUT2D eigenvalue weighted by Crippen LogP contribution is 2.33. The number of carboxylic acid groups (broad SMARTS) is 1. The number of esters is 1. The first-order valence-electron chi connectivity index (χ1n) is 24.5. The van der Waals surface area contributed by atoms with Gasteiger partial charge < -0.3 is 60.9 Å². The number of rotatable bonds is 38. The quantitative estimate of drug-likeness (QED) is 0.0212. The summed E-state index contributed by atoms with van der Waals surface area (Å²) in [6.45, 7) is 18.6. The highest BCUT2D eigenvalue weighted by Gasteiger charge is 2.35. The van der Waals surface area contributed by atoms with Crippen LogP contribution in [0.2, 0.25) is 0 Å². The van der Waals surface area contributed by atoms with E-state index in [1.165, 1.54) is 19.4 Å². The highest BCUT2D eigenvalue weighted by atomic mass is 16.5. The lowest BCUT2D eigenvalue weighted by molar-refractivity contribution is -0.160. The van der Waals surface area contributed by atoms with Gasteiger partial charge in [0.15, 0.2) is 0 Å². The van der Waals surface area contributed by atoms with E-state index in [9.17, 15) is 60.7 Å². The number of aliphatic hydroxyl groups is 10. The van der Waals surface area contributed by atoms with E-state index in [1.807, 2.05) is 34.6 Å². The Morgan fingerprint density at radius 3 is 0.954 bits per heavy atom. The molecule has 14 nitrogen and oxygen atoms in total. The molecular formula is C51H98O14. The molecule has 10 atom stereocenters. The van der Waals surface area contributed by atoms with E-state index in [0.29, 0.717) is 128 Å². The maximum atomic E-state index is 12.0. The second-order valence-electron chi connectivity index (χ2n) is 23.1. The number of hydrogen-bond donors (Lipinski definition) is 11. The number of allylic oxidation sites excluding steroid dienone is 2. The Bertz CT molecular complexity index is 1390. The Hall–Kier alpha value is -1.72. The first-order valence-corrected chi connectivity index (χ1v) is 24.5. The van der Waals surface area contributed by atoms with Gasteiger partial charge in [-0.05, 0) is 224 Å². The van der Waals surface area contributed by atoms with Crippen molar-refractivity contribution >= 4 is 11.9 Å². The number of carboxylic acids is 1. The fourth-order valence-electron chi connectivity index (χ4n) is 8.74. The largest absolute Gasteiger partial charge is 0.481 e. The van der Waals surface area contributed by atoms with E-state index in [1.54, 1.807) is 27.7 Å². The summed E-state index contributed by atoms with van der Waals surface area (Å²) in [5.74, 6) is -2.19. The molecule has 0 bridgehead atoms. The zero-order valence-corrected chi connectivity index (χ0v) is 42.7. The molecule has 0 radical (unpaired) electrons. The first kappa shape index (κ1) is 63.3. The molecule has 0 spiro atoms. The first-order chi connectivity index (χ1) is 29.3. The van der Waals surface area contributed by atoms with Gasteiger partial charge in [0.25, 0.3) is 0 Å².